The van der Waals surface area contributed by atoms with Crippen LogP contribution in [0.15, 0.2) is 36.7 Å². The van der Waals surface area contributed by atoms with Gasteiger partial charge in [-0.2, -0.15) is 0 Å². The lowest BCUT2D eigenvalue weighted by Gasteiger charge is -2.04. The molecule has 86 valence electrons. The third-order valence-corrected chi connectivity index (χ3v) is 2.69. The summed E-state index contributed by atoms with van der Waals surface area (Å²) in [6, 6.07) is 6.45. The molecule has 0 saturated carbocycles. The van der Waals surface area contributed by atoms with Gasteiger partial charge in [-0.3, -0.25) is 4.79 Å². The minimum Gasteiger partial charge on any atom is -0.319 e. The molecule has 0 spiro atoms. The zero-order chi connectivity index (χ0) is 12.3. The number of benzene rings is 1. The van der Waals surface area contributed by atoms with Crippen LogP contribution in [-0.4, -0.2) is 15.9 Å². The highest BCUT2D eigenvalue weighted by Gasteiger charge is 2.09. The summed E-state index contributed by atoms with van der Waals surface area (Å²) in [5, 5.41) is 3.42. The molecule has 1 aromatic heterocycles. The molecule has 2 aromatic rings. The van der Waals surface area contributed by atoms with Gasteiger partial charge in [-0.25, -0.2) is 9.97 Å². The third-order valence-electron chi connectivity index (χ3n) is 1.95. The van der Waals surface area contributed by atoms with Gasteiger partial charge in [-0.1, -0.05) is 23.2 Å². The summed E-state index contributed by atoms with van der Waals surface area (Å²) in [5.41, 5.74) is 0.539. The second-order valence-electron chi connectivity index (χ2n) is 3.16. The van der Waals surface area contributed by atoms with Gasteiger partial charge < -0.3 is 5.32 Å². The van der Waals surface area contributed by atoms with Crippen molar-refractivity contribution in [2.24, 2.45) is 0 Å². The van der Waals surface area contributed by atoms with Crippen LogP contribution in [-0.2, 0) is 0 Å². The molecule has 1 aromatic carbocycles. The molecule has 0 aliphatic rings. The smallest absolute Gasteiger partial charge is 0.293 e. The lowest BCUT2D eigenvalue weighted by atomic mass is 10.3. The molecular weight excluding hydrogens is 261 g/mol. The summed E-state index contributed by atoms with van der Waals surface area (Å²) in [5.74, 6) is -0.303. The largest absolute Gasteiger partial charge is 0.319 e. The van der Waals surface area contributed by atoms with Gasteiger partial charge in [0.1, 0.15) is 0 Å². The van der Waals surface area contributed by atoms with Crippen LogP contribution in [0.2, 0.25) is 10.0 Å². The number of nitrogens with one attached hydrogen (secondary N) is 1. The number of hydrogen-bond donors (Lipinski definition) is 1. The van der Waals surface area contributed by atoms with Gasteiger partial charge in [0.25, 0.3) is 5.91 Å². The van der Waals surface area contributed by atoms with Crippen LogP contribution in [0.5, 0.6) is 0 Å². The van der Waals surface area contributed by atoms with E-state index < -0.39 is 5.91 Å². The number of anilines is 1. The Morgan fingerprint density at radius 1 is 1.12 bits per heavy atom. The molecular formula is C11H7Cl2N3O. The van der Waals surface area contributed by atoms with Crippen LogP contribution >= 0.6 is 23.2 Å². The van der Waals surface area contributed by atoms with Gasteiger partial charge in [0.05, 0.1) is 10.0 Å². The first kappa shape index (κ1) is 11.8. The first-order valence-electron chi connectivity index (χ1n) is 4.70. The molecule has 1 N–H and O–H groups in total. The van der Waals surface area contributed by atoms with E-state index in [2.05, 4.69) is 15.3 Å². The molecule has 0 unspecified atom stereocenters. The van der Waals surface area contributed by atoms with E-state index in [4.69, 9.17) is 23.2 Å². The number of carbonyl (C=O) groups excluding carboxylic acids is 1. The average Bonchev–Trinajstić information content (AvgIpc) is 2.35. The Morgan fingerprint density at radius 2 is 1.82 bits per heavy atom. The van der Waals surface area contributed by atoms with Crippen molar-refractivity contribution >= 4 is 34.8 Å². The van der Waals surface area contributed by atoms with Crippen LogP contribution in [0.3, 0.4) is 0 Å². The minimum atomic E-state index is -0.399. The standard InChI is InChI=1S/C11H7Cl2N3O/c12-8-3-2-7(6-9(8)13)16-11(17)10-14-4-1-5-15-10/h1-6H,(H,16,17). The SMILES string of the molecule is O=C(Nc1ccc(Cl)c(Cl)c1)c1ncccn1. The highest BCUT2D eigenvalue weighted by Crippen LogP contribution is 2.25. The van der Waals surface area contributed by atoms with Crippen molar-refractivity contribution in [3.05, 3.63) is 52.5 Å². The molecule has 2 rings (SSSR count). The van der Waals surface area contributed by atoms with Crippen molar-refractivity contribution in [2.45, 2.75) is 0 Å². The van der Waals surface area contributed by atoms with E-state index in [-0.39, 0.29) is 5.82 Å². The first-order chi connectivity index (χ1) is 8.16. The van der Waals surface area contributed by atoms with Crippen molar-refractivity contribution < 1.29 is 4.79 Å². The summed E-state index contributed by atoms with van der Waals surface area (Å²) in [7, 11) is 0. The zero-order valence-electron chi connectivity index (χ0n) is 8.52. The number of carbonyl (C=O) groups is 1. The Hall–Kier alpha value is -1.65. The molecule has 0 saturated heterocycles. The van der Waals surface area contributed by atoms with Gasteiger partial charge in [0.15, 0.2) is 0 Å². The summed E-state index contributed by atoms with van der Waals surface area (Å²) in [4.78, 5) is 19.4. The van der Waals surface area contributed by atoms with Crippen molar-refractivity contribution in [1.29, 1.82) is 0 Å². The topological polar surface area (TPSA) is 54.9 Å². The maximum absolute atomic E-state index is 11.7. The van der Waals surface area contributed by atoms with Crippen LogP contribution in [0.1, 0.15) is 10.6 Å². The molecule has 1 amide bonds. The molecule has 17 heavy (non-hydrogen) atoms. The normalized spacial score (nSPS) is 10.0. The quantitative estimate of drug-likeness (QED) is 0.910. The Labute approximate surface area is 108 Å². The van der Waals surface area contributed by atoms with Crippen LogP contribution in [0.25, 0.3) is 0 Å². The molecule has 0 radical (unpaired) electrons. The second kappa shape index (κ2) is 5.12. The number of nitrogens with zero attached hydrogens (tertiary/aromatic N) is 2. The van der Waals surface area contributed by atoms with Crippen molar-refractivity contribution in [2.75, 3.05) is 5.32 Å². The van der Waals surface area contributed by atoms with Crippen molar-refractivity contribution in [3.63, 3.8) is 0 Å². The van der Waals surface area contributed by atoms with Gasteiger partial charge in [0.2, 0.25) is 5.82 Å². The molecule has 0 fully saturated rings. The zero-order valence-corrected chi connectivity index (χ0v) is 10.0. The highest BCUT2D eigenvalue weighted by atomic mass is 35.5. The second-order valence-corrected chi connectivity index (χ2v) is 3.97. The molecule has 0 bridgehead atoms. The molecule has 4 nitrogen and oxygen atoms in total. The summed E-state index contributed by atoms with van der Waals surface area (Å²) in [6.45, 7) is 0. The maximum Gasteiger partial charge on any atom is 0.293 e. The van der Waals surface area contributed by atoms with Gasteiger partial charge in [-0.15, -0.1) is 0 Å². The number of amides is 1. The lowest BCUT2D eigenvalue weighted by Crippen LogP contribution is -2.15. The fourth-order valence-electron chi connectivity index (χ4n) is 1.18. The summed E-state index contributed by atoms with van der Waals surface area (Å²) < 4.78 is 0. The molecule has 0 aliphatic carbocycles. The summed E-state index contributed by atoms with van der Waals surface area (Å²) in [6.07, 6.45) is 2.99. The predicted molar refractivity (Wildman–Crippen MR) is 66.4 cm³/mol. The van der Waals surface area contributed by atoms with E-state index in [1.54, 1.807) is 24.3 Å². The van der Waals surface area contributed by atoms with E-state index in [0.717, 1.165) is 0 Å². The van der Waals surface area contributed by atoms with Gasteiger partial charge >= 0.3 is 0 Å². The fraction of sp³-hybridized carbons (Fsp3) is 0. The highest BCUT2D eigenvalue weighted by molar-refractivity contribution is 6.42. The minimum absolute atomic E-state index is 0.0959. The Morgan fingerprint density at radius 3 is 2.47 bits per heavy atom. The van der Waals surface area contributed by atoms with Gasteiger partial charge in [-0.05, 0) is 24.3 Å². The van der Waals surface area contributed by atoms with E-state index in [0.29, 0.717) is 15.7 Å². The monoisotopic (exact) mass is 267 g/mol. The Bertz CT molecular complexity index is 546. The molecule has 1 heterocycles. The lowest BCUT2D eigenvalue weighted by molar-refractivity contribution is 0.101. The first-order valence-corrected chi connectivity index (χ1v) is 5.46. The van der Waals surface area contributed by atoms with Crippen LogP contribution < -0.4 is 5.32 Å². The van der Waals surface area contributed by atoms with E-state index in [1.165, 1.54) is 12.4 Å². The number of aromatic nitrogens is 2. The molecule has 6 heteroatoms. The van der Waals surface area contributed by atoms with E-state index >= 15 is 0 Å². The van der Waals surface area contributed by atoms with E-state index in [9.17, 15) is 4.79 Å². The van der Waals surface area contributed by atoms with Crippen molar-refractivity contribution in [1.82, 2.24) is 9.97 Å². The average molecular weight is 268 g/mol. The molecule has 0 atom stereocenters. The number of hydrogen-bond acceptors (Lipinski definition) is 3. The van der Waals surface area contributed by atoms with Crippen LogP contribution in [0.4, 0.5) is 5.69 Å². The Kier molecular flexibility index (Phi) is 3.56. The predicted octanol–water partition coefficient (Wildman–Crippen LogP) is 3.04. The Balaban J connectivity index is 2.16. The number of rotatable bonds is 2. The van der Waals surface area contributed by atoms with Crippen LogP contribution in [0, 0.1) is 0 Å². The van der Waals surface area contributed by atoms with Crippen molar-refractivity contribution in [3.8, 4) is 0 Å². The van der Waals surface area contributed by atoms with E-state index in [1.807, 2.05) is 0 Å². The maximum atomic E-state index is 11.7. The summed E-state index contributed by atoms with van der Waals surface area (Å²) >= 11 is 11.6. The number of halogens is 2. The van der Waals surface area contributed by atoms with Gasteiger partial charge in [0, 0.05) is 18.1 Å². The fourth-order valence-corrected chi connectivity index (χ4v) is 1.48. The molecule has 0 aliphatic heterocycles. The third kappa shape index (κ3) is 2.93.